The van der Waals surface area contributed by atoms with E-state index in [1.165, 1.54) is 4.90 Å². The normalized spacial score (nSPS) is 17.7. The second-order valence-electron chi connectivity index (χ2n) is 3.80. The number of aromatic nitrogens is 1. The minimum absolute atomic E-state index is 0.255. The summed E-state index contributed by atoms with van der Waals surface area (Å²) in [5.41, 5.74) is 2.56. The van der Waals surface area contributed by atoms with Gasteiger partial charge in [-0.3, -0.25) is 9.78 Å². The Hall–Kier alpha value is -1.57. The molecule has 0 saturated carbocycles. The van der Waals surface area contributed by atoms with Crippen molar-refractivity contribution in [1.29, 1.82) is 0 Å². The van der Waals surface area contributed by atoms with Gasteiger partial charge in [-0.05, 0) is 11.6 Å². The summed E-state index contributed by atoms with van der Waals surface area (Å²) < 4.78 is 11.9. The maximum absolute atomic E-state index is 11.9. The first-order valence-corrected chi connectivity index (χ1v) is 5.07. The number of amides is 1. The number of aliphatic hydroxyl groups is 2. The molecule has 6 nitrogen and oxygen atoms in total. The SMILES string of the molecule is O=C([C@H](O)C(O)NF)N1Cc2cccnc2C1. The molecule has 7 heteroatoms. The Kier molecular flexibility index (Phi) is 3.32. The summed E-state index contributed by atoms with van der Waals surface area (Å²) in [6, 6.07) is 3.58. The topological polar surface area (TPSA) is 85.7 Å². The Labute approximate surface area is 96.6 Å². The number of fused-ring (bicyclic) bond motifs is 1. The van der Waals surface area contributed by atoms with Gasteiger partial charge >= 0.3 is 0 Å². The van der Waals surface area contributed by atoms with Gasteiger partial charge < -0.3 is 15.1 Å². The Morgan fingerprint density at radius 1 is 1.53 bits per heavy atom. The van der Waals surface area contributed by atoms with Crippen LogP contribution in [0.2, 0.25) is 0 Å². The average molecular weight is 241 g/mol. The number of carbonyl (C=O) groups is 1. The van der Waals surface area contributed by atoms with Crippen molar-refractivity contribution < 1.29 is 19.5 Å². The Balaban J connectivity index is 2.05. The van der Waals surface area contributed by atoms with Crippen molar-refractivity contribution in [3.8, 4) is 0 Å². The van der Waals surface area contributed by atoms with E-state index in [4.69, 9.17) is 5.11 Å². The monoisotopic (exact) mass is 241 g/mol. The number of hydrogen-bond donors (Lipinski definition) is 3. The molecule has 1 aromatic heterocycles. The number of halogens is 1. The van der Waals surface area contributed by atoms with E-state index in [9.17, 15) is 14.4 Å². The van der Waals surface area contributed by atoms with Crippen molar-refractivity contribution >= 4 is 5.91 Å². The molecule has 0 fully saturated rings. The third-order valence-corrected chi connectivity index (χ3v) is 2.66. The minimum Gasteiger partial charge on any atom is -0.379 e. The summed E-state index contributed by atoms with van der Waals surface area (Å²) in [5.74, 6) is -0.736. The molecule has 1 unspecified atom stereocenters. The number of nitrogens with one attached hydrogen (secondary N) is 1. The van der Waals surface area contributed by atoms with Gasteiger partial charge in [0.05, 0.1) is 12.2 Å². The molecule has 1 aromatic rings. The van der Waals surface area contributed by atoms with Gasteiger partial charge in [-0.1, -0.05) is 6.07 Å². The first kappa shape index (κ1) is 11.9. The summed E-state index contributed by atoms with van der Waals surface area (Å²) in [4.78, 5) is 17.1. The highest BCUT2D eigenvalue weighted by molar-refractivity contribution is 5.81. The molecule has 2 atom stereocenters. The first-order valence-electron chi connectivity index (χ1n) is 5.07. The maximum atomic E-state index is 11.9. The van der Waals surface area contributed by atoms with Crippen LogP contribution in [0.3, 0.4) is 0 Å². The van der Waals surface area contributed by atoms with Gasteiger partial charge in [-0.2, -0.15) is 0 Å². The molecule has 17 heavy (non-hydrogen) atoms. The van der Waals surface area contributed by atoms with Crippen molar-refractivity contribution in [3.05, 3.63) is 29.6 Å². The van der Waals surface area contributed by atoms with Crippen LogP contribution in [0.4, 0.5) is 4.48 Å². The van der Waals surface area contributed by atoms with Crippen LogP contribution in [0.15, 0.2) is 18.3 Å². The maximum Gasteiger partial charge on any atom is 0.256 e. The molecule has 92 valence electrons. The molecule has 1 aliphatic heterocycles. The van der Waals surface area contributed by atoms with Crippen LogP contribution >= 0.6 is 0 Å². The standard InChI is InChI=1S/C10H12FN3O3/c11-13-9(16)8(15)10(17)14-4-6-2-1-3-12-7(6)5-14/h1-3,8-9,13,15-16H,4-5H2/t8-,9?/m1/s1. The fourth-order valence-corrected chi connectivity index (χ4v) is 1.74. The van der Waals surface area contributed by atoms with E-state index in [-0.39, 0.29) is 6.54 Å². The number of pyridine rings is 1. The first-order chi connectivity index (χ1) is 8.13. The molecule has 0 saturated heterocycles. The lowest BCUT2D eigenvalue weighted by atomic mass is 10.2. The number of rotatable bonds is 3. The number of aliphatic hydroxyl groups excluding tert-OH is 2. The van der Waals surface area contributed by atoms with E-state index in [1.807, 2.05) is 6.07 Å². The number of nitrogens with zero attached hydrogens (tertiary/aromatic N) is 2. The summed E-state index contributed by atoms with van der Waals surface area (Å²) in [5, 5.41) is 18.3. The summed E-state index contributed by atoms with van der Waals surface area (Å²) in [7, 11) is 0. The van der Waals surface area contributed by atoms with E-state index in [0.717, 1.165) is 16.8 Å². The predicted octanol–water partition coefficient (Wildman–Crippen LogP) is -0.923. The molecule has 0 spiro atoms. The highest BCUT2D eigenvalue weighted by atomic mass is 19.2. The van der Waals surface area contributed by atoms with E-state index < -0.39 is 18.2 Å². The quantitative estimate of drug-likeness (QED) is 0.470. The Bertz CT molecular complexity index is 404. The molecule has 0 aliphatic carbocycles. The number of hydrogen-bond acceptors (Lipinski definition) is 5. The van der Waals surface area contributed by atoms with Crippen molar-refractivity contribution in [2.45, 2.75) is 25.4 Å². The van der Waals surface area contributed by atoms with Crippen LogP contribution < -0.4 is 5.54 Å². The summed E-state index contributed by atoms with van der Waals surface area (Å²) >= 11 is 0. The van der Waals surface area contributed by atoms with Crippen LogP contribution in [0.1, 0.15) is 11.3 Å². The van der Waals surface area contributed by atoms with Crippen LogP contribution in [-0.4, -0.2) is 38.3 Å². The van der Waals surface area contributed by atoms with E-state index in [0.29, 0.717) is 6.54 Å². The molecule has 1 amide bonds. The van der Waals surface area contributed by atoms with Crippen molar-refractivity contribution in [1.82, 2.24) is 15.4 Å². The highest BCUT2D eigenvalue weighted by Crippen LogP contribution is 2.21. The van der Waals surface area contributed by atoms with Gasteiger partial charge in [0.1, 0.15) is 0 Å². The molecule has 1 aliphatic rings. The van der Waals surface area contributed by atoms with E-state index in [1.54, 1.807) is 12.3 Å². The molecule has 2 heterocycles. The van der Waals surface area contributed by atoms with Crippen molar-refractivity contribution in [2.75, 3.05) is 0 Å². The van der Waals surface area contributed by atoms with Crippen LogP contribution in [0.5, 0.6) is 0 Å². The Morgan fingerprint density at radius 2 is 2.29 bits per heavy atom. The molecule has 2 rings (SSSR count). The molecule has 0 radical (unpaired) electrons. The zero-order valence-corrected chi connectivity index (χ0v) is 8.88. The summed E-state index contributed by atoms with van der Waals surface area (Å²) in [6.07, 6.45) is -2.13. The third-order valence-electron chi connectivity index (χ3n) is 2.66. The molecular weight excluding hydrogens is 229 g/mol. The van der Waals surface area contributed by atoms with Gasteiger partial charge in [0, 0.05) is 12.7 Å². The highest BCUT2D eigenvalue weighted by Gasteiger charge is 2.32. The van der Waals surface area contributed by atoms with Gasteiger partial charge in [0.25, 0.3) is 5.91 Å². The van der Waals surface area contributed by atoms with Crippen LogP contribution in [-0.2, 0) is 17.9 Å². The van der Waals surface area contributed by atoms with Crippen molar-refractivity contribution in [2.24, 2.45) is 0 Å². The predicted molar refractivity (Wildman–Crippen MR) is 54.7 cm³/mol. The number of carbonyl (C=O) groups excluding carboxylic acids is 1. The second-order valence-corrected chi connectivity index (χ2v) is 3.80. The second kappa shape index (κ2) is 4.74. The molecule has 0 aromatic carbocycles. The zero-order chi connectivity index (χ0) is 12.4. The largest absolute Gasteiger partial charge is 0.379 e. The average Bonchev–Trinajstić information content (AvgIpc) is 2.79. The van der Waals surface area contributed by atoms with Gasteiger partial charge in [0.2, 0.25) is 0 Å². The van der Waals surface area contributed by atoms with E-state index in [2.05, 4.69) is 4.98 Å². The lowest BCUT2D eigenvalue weighted by Crippen LogP contribution is -2.46. The van der Waals surface area contributed by atoms with Crippen molar-refractivity contribution in [3.63, 3.8) is 0 Å². The molecule has 0 bridgehead atoms. The van der Waals surface area contributed by atoms with Gasteiger partial charge in [0.15, 0.2) is 12.3 Å². The van der Waals surface area contributed by atoms with Crippen LogP contribution in [0, 0.1) is 0 Å². The summed E-state index contributed by atoms with van der Waals surface area (Å²) in [6.45, 7) is 0.559. The smallest absolute Gasteiger partial charge is 0.256 e. The van der Waals surface area contributed by atoms with Crippen LogP contribution in [0.25, 0.3) is 0 Å². The van der Waals surface area contributed by atoms with Gasteiger partial charge in [-0.25, -0.2) is 0 Å². The lowest BCUT2D eigenvalue weighted by molar-refractivity contribution is -0.150. The fourth-order valence-electron chi connectivity index (χ4n) is 1.74. The lowest BCUT2D eigenvalue weighted by Gasteiger charge is -2.21. The zero-order valence-electron chi connectivity index (χ0n) is 8.88. The fraction of sp³-hybridized carbons (Fsp3) is 0.400. The van der Waals surface area contributed by atoms with E-state index >= 15 is 0 Å². The van der Waals surface area contributed by atoms with Gasteiger partial charge in [-0.15, -0.1) is 10.0 Å². The third kappa shape index (κ3) is 2.26. The Morgan fingerprint density at radius 3 is 2.94 bits per heavy atom. The molecule has 3 N–H and O–H groups in total. The molecular formula is C10H12FN3O3. The minimum atomic E-state index is -1.92.